The monoisotopic (exact) mass is 284 g/mol. The van der Waals surface area contributed by atoms with Gasteiger partial charge in [0.05, 0.1) is 16.6 Å². The van der Waals surface area contributed by atoms with Crippen LogP contribution in [0.4, 0.5) is 0 Å². The maximum atomic E-state index is 10.9. The fourth-order valence-corrected chi connectivity index (χ4v) is 2.45. The van der Waals surface area contributed by atoms with Gasteiger partial charge < -0.3 is 9.84 Å². The lowest BCUT2D eigenvalue weighted by Crippen LogP contribution is -2.06. The Bertz CT molecular complexity index is 429. The highest BCUT2D eigenvalue weighted by Crippen LogP contribution is 2.34. The molecule has 1 aliphatic rings. The zero-order valence-corrected chi connectivity index (χ0v) is 10.6. The minimum atomic E-state index is -0.902. The first-order valence-electron chi connectivity index (χ1n) is 5.26. The molecule has 3 nitrogen and oxygen atoms in total. The van der Waals surface area contributed by atoms with Gasteiger partial charge in [-0.1, -0.05) is 6.92 Å². The van der Waals surface area contributed by atoms with E-state index in [1.54, 1.807) is 12.1 Å². The van der Waals surface area contributed by atoms with Crippen LogP contribution < -0.4 is 4.74 Å². The molecular weight excluding hydrogens is 272 g/mol. The molecular formula is C12H13BrO3. The Kier molecular flexibility index (Phi) is 3.19. The van der Waals surface area contributed by atoms with E-state index >= 15 is 0 Å². The second-order valence-electron chi connectivity index (χ2n) is 4.21. The molecule has 1 N–H and O–H groups in total. The molecule has 0 saturated carbocycles. The molecule has 0 spiro atoms. The quantitative estimate of drug-likeness (QED) is 0.862. The molecule has 0 fully saturated rings. The van der Waals surface area contributed by atoms with Crippen LogP contribution in [0.3, 0.4) is 0 Å². The number of hydrogen-bond acceptors (Lipinski definition) is 2. The normalized spacial score (nSPS) is 19.5. The summed E-state index contributed by atoms with van der Waals surface area (Å²) in [5, 5.41) is 8.97. The third-order valence-electron chi connectivity index (χ3n) is 2.79. The molecule has 16 heavy (non-hydrogen) atoms. The van der Waals surface area contributed by atoms with E-state index in [1.165, 1.54) is 0 Å². The Labute approximate surface area is 103 Å². The molecule has 1 unspecified atom stereocenters. The van der Waals surface area contributed by atoms with Crippen molar-refractivity contribution in [1.29, 1.82) is 0 Å². The van der Waals surface area contributed by atoms with Gasteiger partial charge in [0, 0.05) is 0 Å². The van der Waals surface area contributed by atoms with Crippen molar-refractivity contribution in [2.45, 2.75) is 19.8 Å². The summed E-state index contributed by atoms with van der Waals surface area (Å²) in [6.45, 7) is 2.83. The first-order chi connectivity index (χ1) is 7.58. The van der Waals surface area contributed by atoms with Crippen molar-refractivity contribution in [2.75, 3.05) is 6.61 Å². The lowest BCUT2D eigenvalue weighted by atomic mass is 10.0. The molecule has 1 aliphatic heterocycles. The van der Waals surface area contributed by atoms with Crippen molar-refractivity contribution in [3.63, 3.8) is 0 Å². The second-order valence-corrected chi connectivity index (χ2v) is 5.06. The van der Waals surface area contributed by atoms with Crippen LogP contribution in [0, 0.1) is 5.92 Å². The average Bonchev–Trinajstić information content (AvgIpc) is 2.41. The van der Waals surface area contributed by atoms with Crippen molar-refractivity contribution in [3.05, 3.63) is 27.7 Å². The largest absolute Gasteiger partial charge is 0.492 e. The number of rotatable bonds is 1. The molecule has 0 amide bonds. The molecule has 0 radical (unpaired) electrons. The number of benzene rings is 1. The topological polar surface area (TPSA) is 46.5 Å². The van der Waals surface area contributed by atoms with Gasteiger partial charge >= 0.3 is 5.97 Å². The summed E-state index contributed by atoms with van der Waals surface area (Å²) < 4.78 is 6.42. The standard InChI is InChI=1S/C12H13BrO3/c1-7-2-3-8-4-9(12(14)15)5-10(13)11(8)16-6-7/h4-5,7H,2-3,6H2,1H3,(H,14,15). The average molecular weight is 285 g/mol. The maximum Gasteiger partial charge on any atom is 0.335 e. The molecule has 1 heterocycles. The second kappa shape index (κ2) is 4.45. The van der Waals surface area contributed by atoms with Gasteiger partial charge in [0.1, 0.15) is 5.75 Å². The molecule has 4 heteroatoms. The maximum absolute atomic E-state index is 10.9. The van der Waals surface area contributed by atoms with Crippen LogP contribution in [0.1, 0.15) is 29.3 Å². The number of aryl methyl sites for hydroxylation is 1. The fourth-order valence-electron chi connectivity index (χ4n) is 1.83. The van der Waals surface area contributed by atoms with Crippen LogP contribution in [-0.2, 0) is 6.42 Å². The summed E-state index contributed by atoms with van der Waals surface area (Å²) in [5.41, 5.74) is 1.29. The number of carbonyl (C=O) groups is 1. The van der Waals surface area contributed by atoms with E-state index in [1.807, 2.05) is 0 Å². The lowest BCUT2D eigenvalue weighted by molar-refractivity contribution is 0.0696. The third-order valence-corrected chi connectivity index (χ3v) is 3.38. The van der Waals surface area contributed by atoms with Crippen molar-refractivity contribution >= 4 is 21.9 Å². The lowest BCUT2D eigenvalue weighted by Gasteiger charge is -2.11. The molecule has 1 atom stereocenters. The molecule has 86 valence electrons. The van der Waals surface area contributed by atoms with E-state index in [4.69, 9.17) is 9.84 Å². The van der Waals surface area contributed by atoms with E-state index < -0.39 is 5.97 Å². The van der Waals surface area contributed by atoms with Gasteiger partial charge in [0.2, 0.25) is 0 Å². The van der Waals surface area contributed by atoms with Crippen LogP contribution in [-0.4, -0.2) is 17.7 Å². The molecule has 0 saturated heterocycles. The molecule has 2 rings (SSSR count). The van der Waals surface area contributed by atoms with E-state index in [-0.39, 0.29) is 0 Å². The number of halogens is 1. The Morgan fingerprint density at radius 3 is 3.00 bits per heavy atom. The van der Waals surface area contributed by atoms with Gasteiger partial charge in [-0.05, 0) is 52.4 Å². The van der Waals surface area contributed by atoms with Gasteiger partial charge in [-0.25, -0.2) is 4.79 Å². The first kappa shape index (κ1) is 11.5. The number of carboxylic acids is 1. The minimum absolute atomic E-state index is 0.309. The van der Waals surface area contributed by atoms with Crippen molar-refractivity contribution in [1.82, 2.24) is 0 Å². The minimum Gasteiger partial charge on any atom is -0.492 e. The van der Waals surface area contributed by atoms with Crippen LogP contribution in [0.5, 0.6) is 5.75 Å². The molecule has 0 aromatic heterocycles. The Morgan fingerprint density at radius 1 is 1.56 bits per heavy atom. The Morgan fingerprint density at radius 2 is 2.31 bits per heavy atom. The summed E-state index contributed by atoms with van der Waals surface area (Å²) in [7, 11) is 0. The molecule has 1 aromatic rings. The number of ether oxygens (including phenoxy) is 1. The molecule has 0 aliphatic carbocycles. The summed E-state index contributed by atoms with van der Waals surface area (Å²) in [4.78, 5) is 10.9. The number of carboxylic acid groups (broad SMARTS) is 1. The summed E-state index contributed by atoms with van der Waals surface area (Å²) in [6, 6.07) is 3.30. The van der Waals surface area contributed by atoms with Crippen molar-refractivity contribution < 1.29 is 14.6 Å². The number of hydrogen-bond donors (Lipinski definition) is 1. The predicted octanol–water partition coefficient (Wildman–Crippen LogP) is 3.11. The summed E-state index contributed by atoms with van der Waals surface area (Å²) in [6.07, 6.45) is 1.90. The van der Waals surface area contributed by atoms with Crippen LogP contribution in [0.2, 0.25) is 0 Å². The van der Waals surface area contributed by atoms with Crippen LogP contribution in [0.15, 0.2) is 16.6 Å². The highest BCUT2D eigenvalue weighted by Gasteiger charge is 2.18. The highest BCUT2D eigenvalue weighted by molar-refractivity contribution is 9.10. The zero-order valence-electron chi connectivity index (χ0n) is 9.00. The van der Waals surface area contributed by atoms with Crippen LogP contribution >= 0.6 is 15.9 Å². The van der Waals surface area contributed by atoms with E-state index in [0.29, 0.717) is 18.1 Å². The summed E-state index contributed by atoms with van der Waals surface area (Å²) in [5.74, 6) is 0.405. The number of aromatic carboxylic acids is 1. The molecule has 1 aromatic carbocycles. The SMILES string of the molecule is CC1CCc2cc(C(=O)O)cc(Br)c2OC1. The van der Waals surface area contributed by atoms with E-state index in [2.05, 4.69) is 22.9 Å². The van der Waals surface area contributed by atoms with Crippen LogP contribution in [0.25, 0.3) is 0 Å². The number of fused-ring (bicyclic) bond motifs is 1. The molecule has 0 bridgehead atoms. The zero-order chi connectivity index (χ0) is 11.7. The Balaban J connectivity index is 2.43. The van der Waals surface area contributed by atoms with Crippen molar-refractivity contribution in [2.24, 2.45) is 5.92 Å². The predicted molar refractivity (Wildman–Crippen MR) is 64.1 cm³/mol. The van der Waals surface area contributed by atoms with E-state index in [0.717, 1.165) is 28.6 Å². The third kappa shape index (κ3) is 2.21. The fraction of sp³-hybridized carbons (Fsp3) is 0.417. The smallest absolute Gasteiger partial charge is 0.335 e. The van der Waals surface area contributed by atoms with Gasteiger partial charge in [-0.3, -0.25) is 0 Å². The Hall–Kier alpha value is -1.03. The van der Waals surface area contributed by atoms with Gasteiger partial charge in [0.25, 0.3) is 0 Å². The van der Waals surface area contributed by atoms with Gasteiger partial charge in [0.15, 0.2) is 0 Å². The highest BCUT2D eigenvalue weighted by atomic mass is 79.9. The van der Waals surface area contributed by atoms with Crippen molar-refractivity contribution in [3.8, 4) is 5.75 Å². The first-order valence-corrected chi connectivity index (χ1v) is 6.05. The van der Waals surface area contributed by atoms with Gasteiger partial charge in [-0.15, -0.1) is 0 Å². The van der Waals surface area contributed by atoms with E-state index in [9.17, 15) is 4.79 Å². The van der Waals surface area contributed by atoms with Gasteiger partial charge in [-0.2, -0.15) is 0 Å². The summed E-state index contributed by atoms with van der Waals surface area (Å²) >= 11 is 3.37.